The molecule has 0 N–H and O–H groups in total. The van der Waals surface area contributed by atoms with Crippen molar-refractivity contribution < 1.29 is 4.42 Å². The number of aryl methyl sites for hydroxylation is 1. The summed E-state index contributed by atoms with van der Waals surface area (Å²) in [5.74, 6) is 0. The van der Waals surface area contributed by atoms with Gasteiger partial charge in [0.15, 0.2) is 0 Å². The molecule has 1 aliphatic carbocycles. The lowest BCUT2D eigenvalue weighted by Gasteiger charge is -2.21. The highest BCUT2D eigenvalue weighted by molar-refractivity contribution is 6.24. The fourth-order valence-electron chi connectivity index (χ4n) is 7.12. The Morgan fingerprint density at radius 3 is 1.78 bits per heavy atom. The summed E-state index contributed by atoms with van der Waals surface area (Å²) < 4.78 is 6.18. The smallest absolute Gasteiger partial charge is 0.135 e. The summed E-state index contributed by atoms with van der Waals surface area (Å²) >= 11 is 0. The molecule has 0 fully saturated rings. The lowest BCUT2D eigenvalue weighted by molar-refractivity contribution is 0.669. The van der Waals surface area contributed by atoms with E-state index >= 15 is 0 Å². The Labute approximate surface area is 238 Å². The second-order valence-electron chi connectivity index (χ2n) is 11.1. The minimum absolute atomic E-state index is 0.926. The van der Waals surface area contributed by atoms with Crippen LogP contribution in [0.5, 0.6) is 0 Å². The number of hydrogen-bond donors (Lipinski definition) is 0. The largest absolute Gasteiger partial charge is 0.456 e. The van der Waals surface area contributed by atoms with Crippen molar-refractivity contribution in [3.05, 3.63) is 139 Å². The molecule has 1 aromatic heterocycles. The van der Waals surface area contributed by atoms with Gasteiger partial charge in [-0.2, -0.15) is 0 Å². The van der Waals surface area contributed by atoms with E-state index in [0.717, 1.165) is 34.8 Å². The Kier molecular flexibility index (Phi) is 4.80. The van der Waals surface area contributed by atoms with Gasteiger partial charge in [-0.3, -0.25) is 0 Å². The van der Waals surface area contributed by atoms with Gasteiger partial charge in [0.25, 0.3) is 0 Å². The Hall–Kier alpha value is -5.14. The normalized spacial score (nSPS) is 13.1. The summed E-state index contributed by atoms with van der Waals surface area (Å²) in [6.45, 7) is 0. The van der Waals surface area contributed by atoms with Crippen LogP contribution in [-0.4, -0.2) is 0 Å². The predicted molar refractivity (Wildman–Crippen MR) is 174 cm³/mol. The maximum absolute atomic E-state index is 6.18. The topological polar surface area (TPSA) is 13.1 Å². The second-order valence-corrected chi connectivity index (χ2v) is 11.1. The van der Waals surface area contributed by atoms with Gasteiger partial charge in [0.05, 0.1) is 0 Å². The molecule has 0 aliphatic heterocycles. The quantitative estimate of drug-likeness (QED) is 0.206. The number of furan rings is 1. The van der Waals surface area contributed by atoms with Crippen LogP contribution in [0.25, 0.3) is 82.6 Å². The van der Waals surface area contributed by atoms with Crippen LogP contribution in [0.3, 0.4) is 0 Å². The molecule has 1 heteroatoms. The highest BCUT2D eigenvalue weighted by Crippen LogP contribution is 2.47. The van der Waals surface area contributed by atoms with Gasteiger partial charge in [-0.25, -0.2) is 0 Å². The average molecular weight is 523 g/mol. The third-order valence-corrected chi connectivity index (χ3v) is 8.90. The minimum atomic E-state index is 0.926. The van der Waals surface area contributed by atoms with Crippen molar-refractivity contribution in [3.8, 4) is 22.3 Å². The molecule has 9 rings (SSSR count). The third kappa shape index (κ3) is 3.30. The van der Waals surface area contributed by atoms with E-state index < -0.39 is 0 Å². The van der Waals surface area contributed by atoms with Crippen LogP contribution < -0.4 is 0 Å². The molecule has 0 saturated carbocycles. The number of hydrogen-bond acceptors (Lipinski definition) is 1. The molecule has 0 unspecified atom stereocenters. The van der Waals surface area contributed by atoms with E-state index in [9.17, 15) is 0 Å². The van der Waals surface area contributed by atoms with Crippen molar-refractivity contribution in [2.24, 2.45) is 0 Å². The molecule has 1 aliphatic rings. The average Bonchev–Trinajstić information content (AvgIpc) is 3.41. The molecule has 0 radical (unpaired) electrons. The predicted octanol–water partition coefficient (Wildman–Crippen LogP) is 11.3. The summed E-state index contributed by atoms with van der Waals surface area (Å²) in [5, 5.41) is 10.1. The first-order chi connectivity index (χ1) is 20.3. The molecule has 192 valence electrons. The summed E-state index contributed by atoms with van der Waals surface area (Å²) in [7, 11) is 0. The van der Waals surface area contributed by atoms with E-state index in [1.165, 1.54) is 65.7 Å². The molecule has 0 atom stereocenters. The van der Waals surface area contributed by atoms with Gasteiger partial charge in [-0.15, -0.1) is 0 Å². The first-order valence-corrected chi connectivity index (χ1v) is 14.4. The molecule has 1 heterocycles. The monoisotopic (exact) mass is 522 g/mol. The molecule has 1 nitrogen and oxygen atoms in total. The molecule has 0 saturated heterocycles. The Balaban J connectivity index is 1.42. The molecule has 0 spiro atoms. The zero-order valence-corrected chi connectivity index (χ0v) is 22.5. The van der Waals surface area contributed by atoms with Crippen LogP contribution in [0.1, 0.15) is 17.5 Å². The van der Waals surface area contributed by atoms with E-state index in [1.54, 1.807) is 0 Å². The maximum atomic E-state index is 6.18. The van der Waals surface area contributed by atoms with Gasteiger partial charge in [-0.1, -0.05) is 109 Å². The number of benzene rings is 7. The summed E-state index contributed by atoms with van der Waals surface area (Å²) in [6, 6.07) is 44.3. The van der Waals surface area contributed by atoms with E-state index in [2.05, 4.69) is 121 Å². The van der Waals surface area contributed by atoms with Crippen molar-refractivity contribution in [2.75, 3.05) is 0 Å². The van der Waals surface area contributed by atoms with Crippen molar-refractivity contribution in [2.45, 2.75) is 12.8 Å². The SMILES string of the molecule is C1=Cc2c(cc(-c3c4ccccc4c(-c4ccc5oc6ccccc6c5c4)c4ccccc34)c3ccccc23)CC1. The van der Waals surface area contributed by atoms with Gasteiger partial charge in [0.1, 0.15) is 11.2 Å². The summed E-state index contributed by atoms with van der Waals surface area (Å²) in [4.78, 5) is 0. The highest BCUT2D eigenvalue weighted by Gasteiger charge is 2.21. The van der Waals surface area contributed by atoms with Crippen molar-refractivity contribution in [1.82, 2.24) is 0 Å². The van der Waals surface area contributed by atoms with Crippen LogP contribution in [0.4, 0.5) is 0 Å². The fourth-order valence-corrected chi connectivity index (χ4v) is 7.12. The third-order valence-electron chi connectivity index (χ3n) is 8.90. The number of allylic oxidation sites excluding steroid dienone is 1. The molecule has 0 amide bonds. The first kappa shape index (κ1) is 22.7. The Bertz CT molecular complexity index is 2310. The molecule has 0 bridgehead atoms. The zero-order chi connectivity index (χ0) is 26.9. The van der Waals surface area contributed by atoms with Gasteiger partial charge < -0.3 is 4.42 Å². The summed E-state index contributed by atoms with van der Waals surface area (Å²) in [5.41, 5.74) is 9.81. The van der Waals surface area contributed by atoms with Gasteiger partial charge in [-0.05, 0) is 103 Å². The van der Waals surface area contributed by atoms with Crippen molar-refractivity contribution >= 4 is 60.3 Å². The molecule has 41 heavy (non-hydrogen) atoms. The van der Waals surface area contributed by atoms with E-state index in [0.29, 0.717) is 0 Å². The summed E-state index contributed by atoms with van der Waals surface area (Å²) in [6.07, 6.45) is 6.81. The van der Waals surface area contributed by atoms with E-state index in [-0.39, 0.29) is 0 Å². The number of para-hydroxylation sites is 1. The lowest BCUT2D eigenvalue weighted by atomic mass is 9.82. The van der Waals surface area contributed by atoms with E-state index in [4.69, 9.17) is 4.42 Å². The first-order valence-electron chi connectivity index (χ1n) is 14.4. The Morgan fingerprint density at radius 1 is 0.463 bits per heavy atom. The number of fused-ring (bicyclic) bond motifs is 8. The second kappa shape index (κ2) is 8.68. The Morgan fingerprint density at radius 2 is 1.05 bits per heavy atom. The van der Waals surface area contributed by atoms with E-state index in [1.807, 2.05) is 12.1 Å². The standard InChI is InChI=1S/C40H26O/c1-2-12-27-25(11-1)23-36(29-14-4-3-13-28(27)29)40-33-18-7-5-16-31(33)39(32-17-6-8-19-34(32)40)26-21-22-38-35(24-26)30-15-9-10-20-37(30)41-38/h2-10,12-24H,1,11H2. The van der Waals surface area contributed by atoms with Crippen LogP contribution in [0.2, 0.25) is 0 Å². The minimum Gasteiger partial charge on any atom is -0.456 e. The molecule has 7 aromatic carbocycles. The van der Waals surface area contributed by atoms with Crippen molar-refractivity contribution in [1.29, 1.82) is 0 Å². The molecular weight excluding hydrogens is 496 g/mol. The fraction of sp³-hybridized carbons (Fsp3) is 0.0500. The maximum Gasteiger partial charge on any atom is 0.135 e. The van der Waals surface area contributed by atoms with Crippen LogP contribution >= 0.6 is 0 Å². The number of rotatable bonds is 2. The highest BCUT2D eigenvalue weighted by atomic mass is 16.3. The van der Waals surface area contributed by atoms with Gasteiger partial charge in [0, 0.05) is 10.8 Å². The zero-order valence-electron chi connectivity index (χ0n) is 22.5. The van der Waals surface area contributed by atoms with Crippen LogP contribution in [0.15, 0.2) is 132 Å². The molecular formula is C40H26O. The van der Waals surface area contributed by atoms with Gasteiger partial charge in [0.2, 0.25) is 0 Å². The van der Waals surface area contributed by atoms with Crippen molar-refractivity contribution in [3.63, 3.8) is 0 Å². The van der Waals surface area contributed by atoms with Gasteiger partial charge >= 0.3 is 0 Å². The van der Waals surface area contributed by atoms with Crippen LogP contribution in [0, 0.1) is 0 Å². The lowest BCUT2D eigenvalue weighted by Crippen LogP contribution is -1.98. The van der Waals surface area contributed by atoms with Crippen LogP contribution in [-0.2, 0) is 6.42 Å². The molecule has 8 aromatic rings.